The van der Waals surface area contributed by atoms with Crippen LogP contribution >= 0.6 is 0 Å². The first kappa shape index (κ1) is 18.0. The van der Waals surface area contributed by atoms with E-state index in [2.05, 4.69) is 39.6 Å². The zero-order valence-electron chi connectivity index (χ0n) is 15.6. The molecule has 0 unspecified atom stereocenters. The van der Waals surface area contributed by atoms with E-state index >= 15 is 0 Å². The molecule has 28 heavy (non-hydrogen) atoms. The summed E-state index contributed by atoms with van der Waals surface area (Å²) < 4.78 is 10.8. The molecule has 6 heteroatoms. The molecule has 0 spiro atoms. The number of ether oxygens (including phenoxy) is 2. The number of nitrogens with zero attached hydrogens (tertiary/aromatic N) is 2. The summed E-state index contributed by atoms with van der Waals surface area (Å²) in [5, 5.41) is 3.46. The van der Waals surface area contributed by atoms with Gasteiger partial charge in [0.15, 0.2) is 0 Å². The van der Waals surface area contributed by atoms with Crippen molar-refractivity contribution in [1.29, 1.82) is 0 Å². The van der Waals surface area contributed by atoms with E-state index in [-0.39, 0.29) is 5.97 Å². The minimum Gasteiger partial charge on any atom is -0.462 e. The van der Waals surface area contributed by atoms with E-state index in [9.17, 15) is 4.79 Å². The number of fused-ring (bicyclic) bond motifs is 1. The van der Waals surface area contributed by atoms with E-state index in [4.69, 9.17) is 9.47 Å². The maximum absolute atomic E-state index is 11.7. The Labute approximate surface area is 163 Å². The number of anilines is 1. The Bertz CT molecular complexity index is 948. The van der Waals surface area contributed by atoms with Crippen molar-refractivity contribution in [3.8, 4) is 11.6 Å². The Hall–Kier alpha value is -3.41. The van der Waals surface area contributed by atoms with Gasteiger partial charge in [-0.15, -0.1) is 0 Å². The van der Waals surface area contributed by atoms with Crippen molar-refractivity contribution in [3.63, 3.8) is 0 Å². The fraction of sp³-hybridized carbons (Fsp3) is 0.227. The molecule has 0 saturated heterocycles. The minimum atomic E-state index is -0.347. The number of aromatic nitrogens is 2. The Morgan fingerprint density at radius 2 is 1.79 bits per heavy atom. The average molecular weight is 375 g/mol. The summed E-state index contributed by atoms with van der Waals surface area (Å²) in [6.07, 6.45) is 3.43. The van der Waals surface area contributed by atoms with Crippen molar-refractivity contribution in [2.24, 2.45) is 0 Å². The maximum atomic E-state index is 11.7. The lowest BCUT2D eigenvalue weighted by Gasteiger charge is -2.13. The number of nitrogens with one attached hydrogen (secondary N) is 1. The highest BCUT2D eigenvalue weighted by molar-refractivity contribution is 5.89. The van der Waals surface area contributed by atoms with Crippen LogP contribution in [-0.4, -0.2) is 28.6 Å². The molecular weight excluding hydrogens is 354 g/mol. The van der Waals surface area contributed by atoms with Gasteiger partial charge in [-0.05, 0) is 55.2 Å². The number of hydrogen-bond acceptors (Lipinski definition) is 6. The Balaban J connectivity index is 1.40. The van der Waals surface area contributed by atoms with Gasteiger partial charge in [-0.3, -0.25) is 0 Å². The van der Waals surface area contributed by atoms with Gasteiger partial charge in [-0.25, -0.2) is 14.8 Å². The lowest BCUT2D eigenvalue weighted by Crippen LogP contribution is -2.20. The van der Waals surface area contributed by atoms with Gasteiger partial charge in [-0.1, -0.05) is 24.3 Å². The highest BCUT2D eigenvalue weighted by Crippen LogP contribution is 2.26. The molecule has 4 rings (SSSR count). The molecule has 1 aliphatic rings. The summed E-state index contributed by atoms with van der Waals surface area (Å²) >= 11 is 0. The van der Waals surface area contributed by atoms with Crippen LogP contribution in [0.15, 0.2) is 60.9 Å². The second kappa shape index (κ2) is 8.08. The third kappa shape index (κ3) is 4.11. The topological polar surface area (TPSA) is 73.3 Å². The van der Waals surface area contributed by atoms with Crippen molar-refractivity contribution in [1.82, 2.24) is 9.97 Å². The third-order valence-corrected chi connectivity index (χ3v) is 4.63. The Morgan fingerprint density at radius 1 is 1.07 bits per heavy atom. The molecule has 0 radical (unpaired) electrons. The van der Waals surface area contributed by atoms with Crippen LogP contribution in [0.3, 0.4) is 0 Å². The zero-order valence-corrected chi connectivity index (χ0v) is 15.6. The van der Waals surface area contributed by atoms with E-state index in [1.807, 2.05) is 0 Å². The van der Waals surface area contributed by atoms with Crippen molar-refractivity contribution in [3.05, 3.63) is 77.6 Å². The predicted octanol–water partition coefficient (Wildman–Crippen LogP) is 4.02. The summed E-state index contributed by atoms with van der Waals surface area (Å²) in [6.45, 7) is 2.13. The van der Waals surface area contributed by atoms with E-state index in [1.54, 1.807) is 37.3 Å². The second-order valence-corrected chi connectivity index (χ2v) is 6.61. The fourth-order valence-electron chi connectivity index (χ4n) is 3.34. The lowest BCUT2D eigenvalue weighted by molar-refractivity contribution is 0.0526. The molecule has 0 amide bonds. The second-order valence-electron chi connectivity index (χ2n) is 6.61. The van der Waals surface area contributed by atoms with E-state index < -0.39 is 0 Å². The molecular formula is C22H21N3O3. The molecule has 1 heterocycles. The SMILES string of the molecule is CCOC(=O)c1ccc(Oc2cc(NC3Cc4ccccc4C3)ncn2)cc1. The molecule has 1 aliphatic carbocycles. The van der Waals surface area contributed by atoms with Crippen molar-refractivity contribution in [2.75, 3.05) is 11.9 Å². The average Bonchev–Trinajstić information content (AvgIpc) is 3.11. The van der Waals surface area contributed by atoms with Crippen LogP contribution in [-0.2, 0) is 17.6 Å². The number of rotatable bonds is 6. The molecule has 3 aromatic rings. The Kier molecular flexibility index (Phi) is 5.19. The standard InChI is InChI=1S/C22H21N3O3/c1-2-27-22(26)15-7-9-19(10-8-15)28-21-13-20(23-14-24-21)25-18-11-16-5-3-4-6-17(16)12-18/h3-10,13-14,18H,2,11-12H2,1H3,(H,23,24,25). The third-order valence-electron chi connectivity index (χ3n) is 4.63. The van der Waals surface area contributed by atoms with Gasteiger partial charge in [0, 0.05) is 12.1 Å². The molecule has 1 N–H and O–H groups in total. The molecule has 0 fully saturated rings. The maximum Gasteiger partial charge on any atom is 0.338 e. The number of hydrogen-bond donors (Lipinski definition) is 1. The highest BCUT2D eigenvalue weighted by Gasteiger charge is 2.21. The first-order valence-corrected chi connectivity index (χ1v) is 9.31. The van der Waals surface area contributed by atoms with Crippen LogP contribution in [0.2, 0.25) is 0 Å². The van der Waals surface area contributed by atoms with Crippen molar-refractivity contribution < 1.29 is 14.3 Å². The van der Waals surface area contributed by atoms with Crippen molar-refractivity contribution in [2.45, 2.75) is 25.8 Å². The highest BCUT2D eigenvalue weighted by atomic mass is 16.5. The monoisotopic (exact) mass is 375 g/mol. The summed E-state index contributed by atoms with van der Waals surface area (Å²) in [5.41, 5.74) is 3.25. The summed E-state index contributed by atoms with van der Waals surface area (Å²) in [5.74, 6) is 1.41. The molecule has 142 valence electrons. The van der Waals surface area contributed by atoms with Gasteiger partial charge < -0.3 is 14.8 Å². The predicted molar refractivity (Wildman–Crippen MR) is 106 cm³/mol. The number of benzene rings is 2. The van der Waals surface area contributed by atoms with Crippen LogP contribution < -0.4 is 10.1 Å². The van der Waals surface area contributed by atoms with Crippen molar-refractivity contribution >= 4 is 11.8 Å². The van der Waals surface area contributed by atoms with E-state index in [0.29, 0.717) is 29.8 Å². The number of carbonyl (C=O) groups excluding carboxylic acids is 1. The quantitative estimate of drug-likeness (QED) is 0.656. The van der Waals surface area contributed by atoms with Gasteiger partial charge in [0.05, 0.1) is 12.2 Å². The fourth-order valence-corrected chi connectivity index (χ4v) is 3.34. The molecule has 0 aliphatic heterocycles. The van der Waals surface area contributed by atoms with Gasteiger partial charge in [0.2, 0.25) is 5.88 Å². The molecule has 0 saturated carbocycles. The minimum absolute atomic E-state index is 0.309. The van der Waals surface area contributed by atoms with Crippen LogP contribution in [0.4, 0.5) is 5.82 Å². The van der Waals surface area contributed by atoms with Gasteiger partial charge in [0.1, 0.15) is 17.9 Å². The lowest BCUT2D eigenvalue weighted by atomic mass is 10.1. The molecule has 6 nitrogen and oxygen atoms in total. The summed E-state index contributed by atoms with van der Waals surface area (Å²) in [4.78, 5) is 20.2. The van der Waals surface area contributed by atoms with Gasteiger partial charge in [-0.2, -0.15) is 0 Å². The smallest absolute Gasteiger partial charge is 0.338 e. The van der Waals surface area contributed by atoms with Gasteiger partial charge in [0.25, 0.3) is 0 Å². The molecule has 1 aromatic heterocycles. The Morgan fingerprint density at radius 3 is 2.46 bits per heavy atom. The van der Waals surface area contributed by atoms with E-state index in [1.165, 1.54) is 17.5 Å². The first-order chi connectivity index (χ1) is 13.7. The number of carbonyl (C=O) groups is 1. The van der Waals surface area contributed by atoms with Crippen LogP contribution in [0, 0.1) is 0 Å². The summed E-state index contributed by atoms with van der Waals surface area (Å²) in [6, 6.07) is 17.4. The number of esters is 1. The molecule has 0 atom stereocenters. The normalized spacial score (nSPS) is 13.0. The van der Waals surface area contributed by atoms with Crippen LogP contribution in [0.1, 0.15) is 28.4 Å². The zero-order chi connectivity index (χ0) is 19.3. The van der Waals surface area contributed by atoms with Gasteiger partial charge >= 0.3 is 5.97 Å². The summed E-state index contributed by atoms with van der Waals surface area (Å²) in [7, 11) is 0. The molecule has 2 aromatic carbocycles. The van der Waals surface area contributed by atoms with Crippen LogP contribution in [0.25, 0.3) is 0 Å². The largest absolute Gasteiger partial charge is 0.462 e. The first-order valence-electron chi connectivity index (χ1n) is 9.31. The molecule has 0 bridgehead atoms. The van der Waals surface area contributed by atoms with E-state index in [0.717, 1.165) is 18.7 Å². The van der Waals surface area contributed by atoms with Crippen LogP contribution in [0.5, 0.6) is 11.6 Å².